The molecule has 3 nitrogen and oxygen atoms in total. The summed E-state index contributed by atoms with van der Waals surface area (Å²) < 4.78 is 6.75. The summed E-state index contributed by atoms with van der Waals surface area (Å²) in [5.74, 6) is 1.80. The normalized spacial score (nSPS) is 15.8. The van der Waals surface area contributed by atoms with Crippen LogP contribution >= 0.6 is 0 Å². The Morgan fingerprint density at radius 3 is 2.12 bits per heavy atom. The van der Waals surface area contributed by atoms with Crippen LogP contribution in [0.4, 0.5) is 5.69 Å². The fraction of sp³-hybridized carbons (Fsp3) is 0.0426. The molecule has 0 amide bonds. The average Bonchev–Trinajstić information content (AvgIpc) is 3.48. The smallest absolute Gasteiger partial charge is 0.132 e. The SMILES string of the molecule is C1=CC(c2c(-c3ccc4c(c3)C3(c5ccccc5O4)c4ccccc4-c4ccccc43)ccc3ccccc23)Nc2c1ccc1cccnc21. The summed E-state index contributed by atoms with van der Waals surface area (Å²) in [6, 6.07) is 54.9. The summed E-state index contributed by atoms with van der Waals surface area (Å²) in [5.41, 5.74) is 13.8. The van der Waals surface area contributed by atoms with Crippen molar-refractivity contribution in [3.05, 3.63) is 197 Å². The molecule has 1 aliphatic carbocycles. The summed E-state index contributed by atoms with van der Waals surface area (Å²) >= 11 is 0. The van der Waals surface area contributed by atoms with Crippen LogP contribution in [-0.2, 0) is 5.41 Å². The lowest BCUT2D eigenvalue weighted by Gasteiger charge is -2.39. The Kier molecular flexibility index (Phi) is 5.65. The number of pyridine rings is 1. The van der Waals surface area contributed by atoms with Gasteiger partial charge in [0.25, 0.3) is 0 Å². The van der Waals surface area contributed by atoms with Crippen LogP contribution in [0.2, 0.25) is 0 Å². The lowest BCUT2D eigenvalue weighted by atomic mass is 9.65. The minimum atomic E-state index is -0.517. The van der Waals surface area contributed by atoms with Crippen molar-refractivity contribution in [1.82, 2.24) is 4.98 Å². The van der Waals surface area contributed by atoms with E-state index in [2.05, 4.69) is 163 Å². The third-order valence-corrected chi connectivity index (χ3v) is 11.0. The van der Waals surface area contributed by atoms with Crippen LogP contribution < -0.4 is 10.1 Å². The minimum Gasteiger partial charge on any atom is -0.457 e. The lowest BCUT2D eigenvalue weighted by molar-refractivity contribution is 0.436. The van der Waals surface area contributed by atoms with Crippen molar-refractivity contribution < 1.29 is 4.74 Å². The fourth-order valence-corrected chi connectivity index (χ4v) is 8.93. The van der Waals surface area contributed by atoms with Crippen LogP contribution in [0.1, 0.15) is 39.4 Å². The molecular weight excluding hydrogens is 609 g/mol. The predicted molar refractivity (Wildman–Crippen MR) is 204 cm³/mol. The van der Waals surface area contributed by atoms with E-state index in [1.165, 1.54) is 49.7 Å². The molecule has 3 heteroatoms. The highest BCUT2D eigenvalue weighted by molar-refractivity contribution is 5.99. The van der Waals surface area contributed by atoms with Crippen molar-refractivity contribution in [2.75, 3.05) is 5.32 Å². The molecule has 0 bridgehead atoms. The van der Waals surface area contributed by atoms with Crippen molar-refractivity contribution in [2.24, 2.45) is 0 Å². The van der Waals surface area contributed by atoms with Crippen LogP contribution in [0.5, 0.6) is 11.5 Å². The molecule has 2 aliphatic heterocycles. The summed E-state index contributed by atoms with van der Waals surface area (Å²) in [6.45, 7) is 0. The Labute approximate surface area is 290 Å². The molecule has 0 saturated carbocycles. The third-order valence-electron chi connectivity index (χ3n) is 11.0. The zero-order valence-corrected chi connectivity index (χ0v) is 27.1. The molecule has 0 fully saturated rings. The number of anilines is 1. The molecular formula is C47H30N2O. The van der Waals surface area contributed by atoms with Crippen molar-refractivity contribution >= 4 is 33.4 Å². The second-order valence-corrected chi connectivity index (χ2v) is 13.5. The van der Waals surface area contributed by atoms with Gasteiger partial charge < -0.3 is 10.1 Å². The molecule has 1 unspecified atom stereocenters. The Balaban J connectivity index is 1.17. The first-order valence-corrected chi connectivity index (χ1v) is 17.2. The number of hydrogen-bond donors (Lipinski definition) is 1. The number of hydrogen-bond acceptors (Lipinski definition) is 3. The van der Waals surface area contributed by atoms with E-state index in [4.69, 9.17) is 9.72 Å². The highest BCUT2D eigenvalue weighted by Crippen LogP contribution is 2.62. The number of aromatic nitrogens is 1. The number of rotatable bonds is 2. The van der Waals surface area contributed by atoms with Gasteiger partial charge in [-0.15, -0.1) is 0 Å². The van der Waals surface area contributed by atoms with Crippen molar-refractivity contribution in [2.45, 2.75) is 11.5 Å². The van der Waals surface area contributed by atoms with Crippen LogP contribution in [0, 0.1) is 0 Å². The fourth-order valence-electron chi connectivity index (χ4n) is 8.93. The second kappa shape index (κ2) is 10.3. The van der Waals surface area contributed by atoms with Crippen LogP contribution in [0.3, 0.4) is 0 Å². The van der Waals surface area contributed by atoms with Gasteiger partial charge in [0.15, 0.2) is 0 Å². The van der Waals surface area contributed by atoms with Gasteiger partial charge in [0.1, 0.15) is 11.5 Å². The van der Waals surface area contributed by atoms with Crippen LogP contribution in [-0.4, -0.2) is 4.98 Å². The molecule has 234 valence electrons. The Morgan fingerprint density at radius 2 is 1.26 bits per heavy atom. The van der Waals surface area contributed by atoms with Crippen molar-refractivity contribution in [3.8, 4) is 33.8 Å². The van der Waals surface area contributed by atoms with Gasteiger partial charge in [-0.05, 0) is 79.5 Å². The average molecular weight is 639 g/mol. The molecule has 1 atom stereocenters. The zero-order chi connectivity index (χ0) is 32.8. The predicted octanol–water partition coefficient (Wildman–Crippen LogP) is 11.7. The van der Waals surface area contributed by atoms with Gasteiger partial charge in [0.05, 0.1) is 22.7 Å². The van der Waals surface area contributed by atoms with Gasteiger partial charge in [-0.2, -0.15) is 0 Å². The summed E-state index contributed by atoms with van der Waals surface area (Å²) in [4.78, 5) is 4.80. The molecule has 3 aliphatic rings. The first kappa shape index (κ1) is 27.5. The number of nitrogens with zero attached hydrogens (tertiary/aromatic N) is 1. The summed E-state index contributed by atoms with van der Waals surface area (Å²) in [7, 11) is 0. The maximum absolute atomic E-state index is 6.75. The van der Waals surface area contributed by atoms with E-state index in [1.54, 1.807) is 0 Å². The zero-order valence-electron chi connectivity index (χ0n) is 27.1. The number of nitrogens with one attached hydrogen (secondary N) is 1. The highest BCUT2D eigenvalue weighted by Gasteiger charge is 2.51. The van der Waals surface area contributed by atoms with E-state index in [0.717, 1.165) is 44.8 Å². The number of para-hydroxylation sites is 1. The topological polar surface area (TPSA) is 34.1 Å². The van der Waals surface area contributed by atoms with E-state index in [9.17, 15) is 0 Å². The van der Waals surface area contributed by atoms with Crippen molar-refractivity contribution in [3.63, 3.8) is 0 Å². The molecule has 1 N–H and O–H groups in total. The van der Waals surface area contributed by atoms with E-state index in [1.807, 2.05) is 12.3 Å². The largest absolute Gasteiger partial charge is 0.457 e. The molecule has 8 aromatic rings. The Morgan fingerprint density at radius 1 is 0.560 bits per heavy atom. The van der Waals surface area contributed by atoms with Crippen LogP contribution in [0.25, 0.3) is 50.0 Å². The highest BCUT2D eigenvalue weighted by atomic mass is 16.5. The first-order valence-electron chi connectivity index (χ1n) is 17.2. The number of ether oxygens (including phenoxy) is 1. The van der Waals surface area contributed by atoms with E-state index < -0.39 is 5.41 Å². The van der Waals surface area contributed by atoms with E-state index in [-0.39, 0.29) is 6.04 Å². The van der Waals surface area contributed by atoms with E-state index in [0.29, 0.717) is 0 Å². The monoisotopic (exact) mass is 638 g/mol. The maximum Gasteiger partial charge on any atom is 0.132 e. The molecule has 0 saturated heterocycles. The van der Waals surface area contributed by atoms with Gasteiger partial charge in [-0.25, -0.2) is 0 Å². The quantitative estimate of drug-likeness (QED) is 0.205. The molecule has 50 heavy (non-hydrogen) atoms. The molecule has 0 radical (unpaired) electrons. The van der Waals surface area contributed by atoms with Gasteiger partial charge in [-0.1, -0.05) is 140 Å². The first-order chi connectivity index (χ1) is 24.8. The second-order valence-electron chi connectivity index (χ2n) is 13.5. The molecule has 3 heterocycles. The Bertz CT molecular complexity index is 2700. The minimum absolute atomic E-state index is 0.0638. The molecule has 1 spiro atoms. The van der Waals surface area contributed by atoms with E-state index >= 15 is 0 Å². The van der Waals surface area contributed by atoms with Gasteiger partial charge >= 0.3 is 0 Å². The van der Waals surface area contributed by atoms with Gasteiger partial charge in [-0.3, -0.25) is 4.98 Å². The maximum atomic E-state index is 6.75. The summed E-state index contributed by atoms with van der Waals surface area (Å²) in [6.07, 6.45) is 6.42. The van der Waals surface area contributed by atoms with Gasteiger partial charge in [0.2, 0.25) is 0 Å². The molecule has 7 aromatic carbocycles. The lowest BCUT2D eigenvalue weighted by Crippen LogP contribution is -2.32. The number of fused-ring (bicyclic) bond motifs is 13. The number of benzene rings is 7. The molecule has 11 rings (SSSR count). The standard InChI is InChI=1S/C47H30N2O/c1-2-12-33-29(10-1)21-24-34(44(33)41-25-22-31-20-19-30-11-9-27-48-45(30)46(31)49-41)32-23-26-43-40(28-32)47(39-17-7-8-18-42(39)50-43)37-15-5-3-13-35(37)36-14-4-6-16-38(36)47/h1-28,41,49H. The third kappa shape index (κ3) is 3.66. The Hall–Kier alpha value is -6.45. The van der Waals surface area contributed by atoms with Crippen LogP contribution in [0.15, 0.2) is 164 Å². The summed E-state index contributed by atoms with van der Waals surface area (Å²) in [5, 5.41) is 7.51. The van der Waals surface area contributed by atoms with Crippen molar-refractivity contribution in [1.29, 1.82) is 0 Å². The van der Waals surface area contributed by atoms with Gasteiger partial charge in [0, 0.05) is 22.7 Å². The molecule has 1 aromatic heterocycles.